The number of carboxylic acid groups (broad SMARTS) is 1. The molecule has 3 aliphatic rings. The molecule has 0 amide bonds. The van der Waals surface area contributed by atoms with Crippen molar-refractivity contribution in [1.82, 2.24) is 5.32 Å². The number of hydrogen-bond acceptors (Lipinski definition) is 3. The first kappa shape index (κ1) is 16.4. The van der Waals surface area contributed by atoms with E-state index in [0.29, 0.717) is 11.8 Å². The molecule has 126 valence electrons. The molecule has 0 bridgehead atoms. The first-order valence-electron chi connectivity index (χ1n) is 8.10. The molecule has 3 fully saturated rings. The van der Waals surface area contributed by atoms with Gasteiger partial charge in [0.05, 0.1) is 0 Å². The Balaban J connectivity index is 2.07. The highest BCUT2D eigenvalue weighted by Crippen LogP contribution is 2.70. The van der Waals surface area contributed by atoms with Crippen LogP contribution >= 0.6 is 7.60 Å². The van der Waals surface area contributed by atoms with Gasteiger partial charge in [0.25, 0.3) is 0 Å². The van der Waals surface area contributed by atoms with Crippen molar-refractivity contribution in [3.05, 3.63) is 0 Å². The molecule has 1 aliphatic heterocycles. The number of nitrogens with one attached hydrogen (secondary N) is 1. The van der Waals surface area contributed by atoms with E-state index in [1.54, 1.807) is 0 Å². The Morgan fingerprint density at radius 2 is 1.82 bits per heavy atom. The van der Waals surface area contributed by atoms with E-state index in [-0.39, 0.29) is 12.8 Å². The summed E-state index contributed by atoms with van der Waals surface area (Å²) in [6.45, 7) is 4.83. The van der Waals surface area contributed by atoms with Crippen LogP contribution in [0.2, 0.25) is 0 Å². The molecule has 1 saturated heterocycles. The molecule has 0 aromatic rings. The summed E-state index contributed by atoms with van der Waals surface area (Å²) in [5, 5.41) is 11.2. The van der Waals surface area contributed by atoms with Crippen molar-refractivity contribution >= 4 is 13.6 Å². The average Bonchev–Trinajstić information content (AvgIpc) is 2.69. The number of carboxylic acids is 1. The van der Waals surface area contributed by atoms with Gasteiger partial charge in [-0.3, -0.25) is 9.36 Å². The van der Waals surface area contributed by atoms with E-state index in [2.05, 4.69) is 5.32 Å². The maximum absolute atomic E-state index is 12.1. The fraction of sp³-hybridized carbons (Fsp3) is 0.933. The SMILES string of the molecule is C[C@@]12CC(C(=O)O)(P(=O)(O)O)C[C@]1(C)NCC1CCCCC12. The van der Waals surface area contributed by atoms with Crippen LogP contribution in [0.25, 0.3) is 0 Å². The fourth-order valence-corrected chi connectivity index (χ4v) is 6.89. The summed E-state index contributed by atoms with van der Waals surface area (Å²) in [6.07, 6.45) is 4.54. The van der Waals surface area contributed by atoms with Crippen molar-refractivity contribution in [2.24, 2.45) is 17.3 Å². The molecule has 3 unspecified atom stereocenters. The molecule has 3 rings (SSSR count). The lowest BCUT2D eigenvalue weighted by Gasteiger charge is -2.56. The van der Waals surface area contributed by atoms with Crippen molar-refractivity contribution in [1.29, 1.82) is 0 Å². The van der Waals surface area contributed by atoms with E-state index in [4.69, 9.17) is 0 Å². The van der Waals surface area contributed by atoms with Crippen LogP contribution in [0.15, 0.2) is 0 Å². The lowest BCUT2D eigenvalue weighted by atomic mass is 9.55. The van der Waals surface area contributed by atoms with Gasteiger partial charge >= 0.3 is 13.6 Å². The quantitative estimate of drug-likeness (QED) is 0.576. The molecule has 0 aromatic heterocycles. The topological polar surface area (TPSA) is 107 Å². The lowest BCUT2D eigenvalue weighted by molar-refractivity contribution is -0.141. The van der Waals surface area contributed by atoms with Gasteiger partial charge in [0.15, 0.2) is 5.16 Å². The standard InChI is InChI=1S/C15H26NO5P/c1-13-8-15(12(17)18,22(19,20)21)9-14(13,2)16-7-10-5-3-4-6-11(10)13/h10-11,16H,3-9H2,1-2H3,(H,17,18)(H2,19,20,21)/t10?,11?,13-,14-,15?/m0/s1. The monoisotopic (exact) mass is 331 g/mol. The number of rotatable bonds is 2. The van der Waals surface area contributed by atoms with E-state index in [1.807, 2.05) is 13.8 Å². The zero-order valence-electron chi connectivity index (χ0n) is 13.2. The molecule has 0 spiro atoms. The van der Waals surface area contributed by atoms with Gasteiger partial charge in [0, 0.05) is 5.54 Å². The second-order valence-corrected chi connectivity index (χ2v) is 9.96. The van der Waals surface area contributed by atoms with Crippen LogP contribution in [0.4, 0.5) is 0 Å². The zero-order chi connectivity index (χ0) is 16.4. The van der Waals surface area contributed by atoms with Gasteiger partial charge < -0.3 is 20.2 Å². The summed E-state index contributed by atoms with van der Waals surface area (Å²) in [7, 11) is -4.75. The number of aliphatic carboxylic acids is 1. The average molecular weight is 331 g/mol. The van der Waals surface area contributed by atoms with E-state index in [0.717, 1.165) is 25.8 Å². The molecule has 4 N–H and O–H groups in total. The van der Waals surface area contributed by atoms with E-state index in [9.17, 15) is 24.3 Å². The number of carbonyl (C=O) groups is 1. The Bertz CT molecular complexity index is 548. The first-order valence-corrected chi connectivity index (χ1v) is 9.71. The minimum Gasteiger partial charge on any atom is -0.480 e. The largest absolute Gasteiger partial charge is 0.480 e. The molecule has 2 saturated carbocycles. The predicted octanol–water partition coefficient (Wildman–Crippen LogP) is 1.96. The second kappa shape index (κ2) is 4.79. The van der Waals surface area contributed by atoms with Gasteiger partial charge in [-0.05, 0) is 56.4 Å². The molecule has 5 atom stereocenters. The van der Waals surface area contributed by atoms with Crippen LogP contribution in [-0.2, 0) is 9.36 Å². The minimum absolute atomic E-state index is 0.000664. The Hall–Kier alpha value is -0.420. The Kier molecular flexibility index (Phi) is 3.58. The van der Waals surface area contributed by atoms with Crippen LogP contribution in [0.1, 0.15) is 52.4 Å². The molecule has 2 aliphatic carbocycles. The van der Waals surface area contributed by atoms with Crippen LogP contribution in [0.5, 0.6) is 0 Å². The molecular weight excluding hydrogens is 305 g/mol. The highest BCUT2D eigenvalue weighted by Gasteiger charge is 2.72. The minimum atomic E-state index is -4.75. The second-order valence-electron chi connectivity index (χ2n) is 8.02. The molecule has 7 heteroatoms. The van der Waals surface area contributed by atoms with Gasteiger partial charge in [-0.2, -0.15) is 0 Å². The molecule has 6 nitrogen and oxygen atoms in total. The molecule has 22 heavy (non-hydrogen) atoms. The smallest absolute Gasteiger partial charge is 0.342 e. The zero-order valence-corrected chi connectivity index (χ0v) is 14.1. The van der Waals surface area contributed by atoms with Gasteiger partial charge in [0.2, 0.25) is 0 Å². The fourth-order valence-electron chi connectivity index (χ4n) is 5.59. The predicted molar refractivity (Wildman–Crippen MR) is 81.6 cm³/mol. The van der Waals surface area contributed by atoms with Crippen molar-refractivity contribution in [2.75, 3.05) is 6.54 Å². The third-order valence-electron chi connectivity index (χ3n) is 7.00. The summed E-state index contributed by atoms with van der Waals surface area (Å²) >= 11 is 0. The number of hydrogen-bond donors (Lipinski definition) is 4. The summed E-state index contributed by atoms with van der Waals surface area (Å²) in [6, 6.07) is 0. The summed E-state index contributed by atoms with van der Waals surface area (Å²) < 4.78 is 12.1. The Morgan fingerprint density at radius 3 is 2.41 bits per heavy atom. The van der Waals surface area contributed by atoms with Crippen molar-refractivity contribution in [2.45, 2.75) is 63.1 Å². The molecule has 1 heterocycles. The Labute approximate surface area is 130 Å². The van der Waals surface area contributed by atoms with Gasteiger partial charge in [-0.25, -0.2) is 0 Å². The maximum Gasteiger partial charge on any atom is 0.342 e. The molecular formula is C15H26NO5P. The van der Waals surface area contributed by atoms with Gasteiger partial charge in [-0.1, -0.05) is 19.8 Å². The molecule has 0 aromatic carbocycles. The normalized spacial score (nSPS) is 48.5. The Morgan fingerprint density at radius 1 is 1.18 bits per heavy atom. The number of fused-ring (bicyclic) bond motifs is 3. The van der Waals surface area contributed by atoms with Gasteiger partial charge in [0.1, 0.15) is 0 Å². The van der Waals surface area contributed by atoms with Crippen molar-refractivity contribution in [3.8, 4) is 0 Å². The summed E-state index contributed by atoms with van der Waals surface area (Å²) in [4.78, 5) is 31.5. The van der Waals surface area contributed by atoms with E-state index in [1.165, 1.54) is 6.42 Å². The maximum atomic E-state index is 12.1. The highest BCUT2D eigenvalue weighted by molar-refractivity contribution is 7.54. The third-order valence-corrected chi connectivity index (χ3v) is 8.63. The van der Waals surface area contributed by atoms with Gasteiger partial charge in [-0.15, -0.1) is 0 Å². The van der Waals surface area contributed by atoms with Crippen molar-refractivity contribution in [3.63, 3.8) is 0 Å². The lowest BCUT2D eigenvalue weighted by Crippen LogP contribution is -2.62. The van der Waals surface area contributed by atoms with E-state index >= 15 is 0 Å². The van der Waals surface area contributed by atoms with Crippen LogP contribution < -0.4 is 5.32 Å². The van der Waals surface area contributed by atoms with Crippen LogP contribution in [-0.4, -0.2) is 38.1 Å². The van der Waals surface area contributed by atoms with Crippen LogP contribution in [0.3, 0.4) is 0 Å². The summed E-state index contributed by atoms with van der Waals surface area (Å²) in [5.74, 6) is -0.514. The summed E-state index contributed by atoms with van der Waals surface area (Å²) in [5.41, 5.74) is -0.930. The first-order chi connectivity index (χ1) is 10.1. The molecule has 0 radical (unpaired) electrons. The third kappa shape index (κ3) is 1.97. The van der Waals surface area contributed by atoms with Crippen molar-refractivity contribution < 1.29 is 24.3 Å². The number of piperidine rings is 1. The highest BCUT2D eigenvalue weighted by atomic mass is 31.2. The van der Waals surface area contributed by atoms with Crippen LogP contribution in [0, 0.1) is 17.3 Å². The van der Waals surface area contributed by atoms with E-state index < -0.39 is 29.7 Å².